The average molecular weight is 324 g/mol. The van der Waals surface area contributed by atoms with Gasteiger partial charge in [-0.05, 0) is 37.3 Å². The summed E-state index contributed by atoms with van der Waals surface area (Å²) in [4.78, 5) is 10.9. The van der Waals surface area contributed by atoms with Gasteiger partial charge in [0.25, 0.3) is 0 Å². The molecule has 0 unspecified atom stereocenters. The standard InChI is InChI=1S/C14H16N2O5S/c1-2-15-12-6-5-10(14(17)18)8-13(12)22(19,20)16-9-11-4-3-7-21-11/h3-8,15-16H,2,9H2,1H3,(H,17,18). The third kappa shape index (κ3) is 3.66. The van der Waals surface area contributed by atoms with E-state index in [1.54, 1.807) is 12.1 Å². The Morgan fingerprint density at radius 2 is 2.09 bits per heavy atom. The Labute approximate surface area is 128 Å². The first-order valence-electron chi connectivity index (χ1n) is 6.57. The average Bonchev–Trinajstić information content (AvgIpc) is 2.99. The topological polar surface area (TPSA) is 109 Å². The van der Waals surface area contributed by atoms with Gasteiger partial charge in [0, 0.05) is 6.54 Å². The highest BCUT2D eigenvalue weighted by Gasteiger charge is 2.20. The maximum Gasteiger partial charge on any atom is 0.335 e. The van der Waals surface area contributed by atoms with E-state index in [4.69, 9.17) is 9.52 Å². The van der Waals surface area contributed by atoms with Gasteiger partial charge in [0.1, 0.15) is 10.7 Å². The van der Waals surface area contributed by atoms with Gasteiger partial charge < -0.3 is 14.8 Å². The second kappa shape index (κ2) is 6.63. The van der Waals surface area contributed by atoms with Crippen LogP contribution in [0.4, 0.5) is 5.69 Å². The van der Waals surface area contributed by atoms with Gasteiger partial charge in [-0.15, -0.1) is 0 Å². The first kappa shape index (κ1) is 16.1. The molecule has 0 bridgehead atoms. The lowest BCUT2D eigenvalue weighted by molar-refractivity contribution is 0.0696. The van der Waals surface area contributed by atoms with Crippen molar-refractivity contribution in [3.05, 3.63) is 47.9 Å². The molecule has 8 heteroatoms. The lowest BCUT2D eigenvalue weighted by Gasteiger charge is -2.12. The first-order chi connectivity index (χ1) is 10.4. The Morgan fingerprint density at radius 1 is 1.32 bits per heavy atom. The first-order valence-corrected chi connectivity index (χ1v) is 8.05. The number of rotatable bonds is 7. The summed E-state index contributed by atoms with van der Waals surface area (Å²) in [6.45, 7) is 2.31. The molecule has 7 nitrogen and oxygen atoms in total. The maximum atomic E-state index is 12.4. The minimum Gasteiger partial charge on any atom is -0.478 e. The molecular formula is C14H16N2O5S. The Morgan fingerprint density at radius 3 is 2.68 bits per heavy atom. The second-order valence-corrected chi connectivity index (χ2v) is 6.19. The number of hydrogen-bond donors (Lipinski definition) is 3. The van der Waals surface area contributed by atoms with E-state index in [0.717, 1.165) is 6.07 Å². The maximum absolute atomic E-state index is 12.4. The number of benzene rings is 1. The van der Waals surface area contributed by atoms with Crippen molar-refractivity contribution >= 4 is 21.7 Å². The Hall–Kier alpha value is -2.32. The monoisotopic (exact) mass is 324 g/mol. The number of sulfonamides is 1. The van der Waals surface area contributed by atoms with Crippen molar-refractivity contribution in [2.45, 2.75) is 18.4 Å². The van der Waals surface area contributed by atoms with Crippen LogP contribution in [0.3, 0.4) is 0 Å². The SMILES string of the molecule is CCNc1ccc(C(=O)O)cc1S(=O)(=O)NCc1ccco1. The zero-order chi connectivity index (χ0) is 16.2. The second-order valence-electron chi connectivity index (χ2n) is 4.45. The van der Waals surface area contributed by atoms with E-state index in [9.17, 15) is 13.2 Å². The molecule has 3 N–H and O–H groups in total. The molecule has 2 rings (SSSR count). The van der Waals surface area contributed by atoms with Gasteiger partial charge in [-0.1, -0.05) is 0 Å². The largest absolute Gasteiger partial charge is 0.478 e. The van der Waals surface area contributed by atoms with E-state index in [2.05, 4.69) is 10.0 Å². The van der Waals surface area contributed by atoms with Crippen LogP contribution in [0.1, 0.15) is 23.0 Å². The van der Waals surface area contributed by atoms with E-state index in [1.807, 2.05) is 6.92 Å². The third-order valence-corrected chi connectivity index (χ3v) is 4.34. The number of anilines is 1. The highest BCUT2D eigenvalue weighted by molar-refractivity contribution is 7.89. The minimum absolute atomic E-state index is 0.0157. The molecule has 1 aromatic carbocycles. The predicted molar refractivity (Wildman–Crippen MR) is 80.3 cm³/mol. The number of carbonyl (C=O) groups is 1. The zero-order valence-electron chi connectivity index (χ0n) is 11.9. The molecule has 118 valence electrons. The van der Waals surface area contributed by atoms with Crippen LogP contribution in [0.25, 0.3) is 0 Å². The van der Waals surface area contributed by atoms with Crippen molar-refractivity contribution in [3.63, 3.8) is 0 Å². The molecule has 0 fully saturated rings. The van der Waals surface area contributed by atoms with Crippen LogP contribution in [0.15, 0.2) is 45.9 Å². The van der Waals surface area contributed by atoms with Crippen LogP contribution >= 0.6 is 0 Å². The molecule has 0 saturated carbocycles. The summed E-state index contributed by atoms with van der Waals surface area (Å²) < 4.78 is 32.3. The van der Waals surface area contributed by atoms with Crippen molar-refractivity contribution in [2.24, 2.45) is 0 Å². The normalized spacial score (nSPS) is 11.3. The van der Waals surface area contributed by atoms with E-state index >= 15 is 0 Å². The van der Waals surface area contributed by atoms with E-state index in [1.165, 1.54) is 18.4 Å². The summed E-state index contributed by atoms with van der Waals surface area (Å²) in [5.74, 6) is -0.728. The van der Waals surface area contributed by atoms with Crippen LogP contribution in [0.2, 0.25) is 0 Å². The Kier molecular flexibility index (Phi) is 4.84. The number of carboxylic acids is 1. The van der Waals surface area contributed by atoms with Crippen molar-refractivity contribution in [1.29, 1.82) is 0 Å². The Balaban J connectivity index is 2.34. The molecule has 0 aliphatic carbocycles. The minimum atomic E-state index is -3.88. The van der Waals surface area contributed by atoms with E-state index < -0.39 is 16.0 Å². The summed E-state index contributed by atoms with van der Waals surface area (Å²) in [6.07, 6.45) is 1.44. The Bertz CT molecular complexity index is 754. The molecule has 0 aliphatic heterocycles. The lowest BCUT2D eigenvalue weighted by Crippen LogP contribution is -2.24. The fraction of sp³-hybridized carbons (Fsp3) is 0.214. The molecule has 22 heavy (non-hydrogen) atoms. The van der Waals surface area contributed by atoms with Gasteiger partial charge in [0.15, 0.2) is 0 Å². The number of furan rings is 1. The summed E-state index contributed by atoms with van der Waals surface area (Å²) in [5.41, 5.74) is 0.250. The van der Waals surface area contributed by atoms with Gasteiger partial charge in [-0.3, -0.25) is 0 Å². The van der Waals surface area contributed by atoms with Crippen LogP contribution in [0.5, 0.6) is 0 Å². The van der Waals surface area contributed by atoms with E-state index in [0.29, 0.717) is 18.0 Å². The van der Waals surface area contributed by atoms with Crippen LogP contribution in [0, 0.1) is 0 Å². The number of aromatic carboxylic acids is 1. The lowest BCUT2D eigenvalue weighted by atomic mass is 10.2. The summed E-state index contributed by atoms with van der Waals surface area (Å²) >= 11 is 0. The molecular weight excluding hydrogens is 308 g/mol. The quantitative estimate of drug-likeness (QED) is 0.717. The van der Waals surface area contributed by atoms with Crippen molar-refractivity contribution in [2.75, 3.05) is 11.9 Å². The molecule has 1 aromatic heterocycles. The van der Waals surface area contributed by atoms with Gasteiger partial charge in [0.05, 0.1) is 24.1 Å². The number of carboxylic acid groups (broad SMARTS) is 1. The van der Waals surface area contributed by atoms with Gasteiger partial charge in [-0.2, -0.15) is 0 Å². The van der Waals surface area contributed by atoms with Crippen LogP contribution in [-0.4, -0.2) is 26.0 Å². The van der Waals surface area contributed by atoms with E-state index in [-0.39, 0.29) is 17.0 Å². The molecule has 0 saturated heterocycles. The molecule has 0 atom stereocenters. The summed E-state index contributed by atoms with van der Waals surface area (Å²) in [7, 11) is -3.88. The van der Waals surface area contributed by atoms with Crippen LogP contribution in [-0.2, 0) is 16.6 Å². The number of nitrogens with one attached hydrogen (secondary N) is 2. The van der Waals surface area contributed by atoms with Gasteiger partial charge in [-0.25, -0.2) is 17.9 Å². The van der Waals surface area contributed by atoms with Crippen molar-refractivity contribution in [1.82, 2.24) is 4.72 Å². The molecule has 2 aromatic rings. The smallest absolute Gasteiger partial charge is 0.335 e. The third-order valence-electron chi connectivity index (χ3n) is 2.90. The highest BCUT2D eigenvalue weighted by Crippen LogP contribution is 2.23. The summed E-state index contributed by atoms with van der Waals surface area (Å²) in [6, 6.07) is 7.21. The fourth-order valence-corrected chi connectivity index (χ4v) is 3.07. The van der Waals surface area contributed by atoms with Gasteiger partial charge in [0.2, 0.25) is 10.0 Å². The molecule has 0 radical (unpaired) electrons. The van der Waals surface area contributed by atoms with Crippen molar-refractivity contribution < 1.29 is 22.7 Å². The van der Waals surface area contributed by atoms with Gasteiger partial charge >= 0.3 is 5.97 Å². The molecule has 0 amide bonds. The molecule has 1 heterocycles. The fourth-order valence-electron chi connectivity index (χ4n) is 1.87. The van der Waals surface area contributed by atoms with Crippen LogP contribution < -0.4 is 10.0 Å². The number of hydrogen-bond acceptors (Lipinski definition) is 5. The molecule has 0 spiro atoms. The summed E-state index contributed by atoms with van der Waals surface area (Å²) in [5, 5.41) is 11.9. The molecule has 0 aliphatic rings. The van der Waals surface area contributed by atoms with Crippen molar-refractivity contribution in [3.8, 4) is 0 Å². The highest BCUT2D eigenvalue weighted by atomic mass is 32.2. The zero-order valence-corrected chi connectivity index (χ0v) is 12.7. The predicted octanol–water partition coefficient (Wildman–Crippen LogP) is 1.89.